The first-order chi connectivity index (χ1) is 14.4. The molecular formula is C23H24N2O5. The number of imide groups is 1. The maximum Gasteiger partial charge on any atom is 0.325 e. The molecular weight excluding hydrogens is 384 g/mol. The third-order valence-electron chi connectivity index (χ3n) is 5.73. The van der Waals surface area contributed by atoms with Gasteiger partial charge in [0.05, 0.1) is 6.54 Å². The van der Waals surface area contributed by atoms with Gasteiger partial charge in [-0.25, -0.2) is 4.79 Å². The Labute approximate surface area is 174 Å². The SMILES string of the molecule is CC(=O)c1cccc(OC[C@@H](O)CN2C(=O)N[C@@]3(CCCc4ccccc43)C2=O)c1. The first-order valence-electron chi connectivity index (χ1n) is 10.0. The van der Waals surface area contributed by atoms with Crippen molar-refractivity contribution in [3.8, 4) is 5.75 Å². The maximum absolute atomic E-state index is 13.2. The molecule has 156 valence electrons. The van der Waals surface area contributed by atoms with E-state index in [1.165, 1.54) is 6.92 Å². The van der Waals surface area contributed by atoms with Crippen LogP contribution in [0.25, 0.3) is 0 Å². The molecule has 2 aliphatic rings. The van der Waals surface area contributed by atoms with Gasteiger partial charge in [-0.1, -0.05) is 36.4 Å². The Hall–Kier alpha value is -3.19. The van der Waals surface area contributed by atoms with Crippen molar-refractivity contribution in [3.63, 3.8) is 0 Å². The highest BCUT2D eigenvalue weighted by Crippen LogP contribution is 2.39. The third kappa shape index (κ3) is 3.57. The molecule has 1 saturated heterocycles. The molecule has 2 N–H and O–H groups in total. The summed E-state index contributed by atoms with van der Waals surface area (Å²) in [7, 11) is 0. The van der Waals surface area contributed by atoms with Crippen molar-refractivity contribution < 1.29 is 24.2 Å². The number of carbonyl (C=O) groups excluding carboxylic acids is 3. The summed E-state index contributed by atoms with van der Waals surface area (Å²) in [6, 6.07) is 13.8. The molecule has 2 aromatic rings. The molecule has 2 aromatic carbocycles. The molecule has 30 heavy (non-hydrogen) atoms. The van der Waals surface area contributed by atoms with Gasteiger partial charge in [-0.05, 0) is 49.4 Å². The van der Waals surface area contributed by atoms with Crippen molar-refractivity contribution in [2.24, 2.45) is 0 Å². The zero-order valence-corrected chi connectivity index (χ0v) is 16.8. The van der Waals surface area contributed by atoms with Crippen LogP contribution >= 0.6 is 0 Å². The van der Waals surface area contributed by atoms with Gasteiger partial charge in [0.15, 0.2) is 5.78 Å². The predicted octanol–water partition coefficient (Wildman–Crippen LogP) is 2.41. The quantitative estimate of drug-likeness (QED) is 0.565. The van der Waals surface area contributed by atoms with Gasteiger partial charge in [-0.15, -0.1) is 0 Å². The molecule has 0 unspecified atom stereocenters. The molecule has 4 rings (SSSR count). The number of carbonyl (C=O) groups is 3. The number of Topliss-reactive ketones (excluding diaryl/α,β-unsaturated/α-hetero) is 1. The number of aliphatic hydroxyl groups is 1. The highest BCUT2D eigenvalue weighted by Gasteiger charge is 2.54. The van der Waals surface area contributed by atoms with Gasteiger partial charge in [0.1, 0.15) is 24.0 Å². The molecule has 7 heteroatoms. The maximum atomic E-state index is 13.2. The fraction of sp³-hybridized carbons (Fsp3) is 0.348. The van der Waals surface area contributed by atoms with E-state index in [2.05, 4.69) is 5.32 Å². The fourth-order valence-electron chi connectivity index (χ4n) is 4.24. The molecule has 1 spiro atoms. The Morgan fingerprint density at radius 2 is 2.03 bits per heavy atom. The summed E-state index contributed by atoms with van der Waals surface area (Å²) in [6.45, 7) is 1.19. The van der Waals surface area contributed by atoms with E-state index in [0.717, 1.165) is 28.9 Å². The number of hydrogen-bond donors (Lipinski definition) is 2. The minimum Gasteiger partial charge on any atom is -0.491 e. The second kappa shape index (κ2) is 7.91. The number of ketones is 1. The van der Waals surface area contributed by atoms with Gasteiger partial charge in [0, 0.05) is 5.56 Å². The first-order valence-corrected chi connectivity index (χ1v) is 10.0. The number of urea groups is 1. The molecule has 3 amide bonds. The Kier molecular flexibility index (Phi) is 5.30. The lowest BCUT2D eigenvalue weighted by Gasteiger charge is -2.33. The van der Waals surface area contributed by atoms with Crippen LogP contribution in [0, 0.1) is 0 Å². The first kappa shape index (κ1) is 20.1. The Bertz CT molecular complexity index is 1000. The molecule has 1 fully saturated rings. The van der Waals surface area contributed by atoms with Gasteiger partial charge in [0.25, 0.3) is 5.91 Å². The van der Waals surface area contributed by atoms with Crippen LogP contribution in [0.1, 0.15) is 41.3 Å². The van der Waals surface area contributed by atoms with Crippen LogP contribution in [-0.4, -0.2) is 47.0 Å². The summed E-state index contributed by atoms with van der Waals surface area (Å²) in [6.07, 6.45) is 1.15. The van der Waals surface area contributed by atoms with Crippen molar-refractivity contribution in [2.45, 2.75) is 37.8 Å². The Morgan fingerprint density at radius 1 is 1.23 bits per heavy atom. The van der Waals surface area contributed by atoms with Gasteiger partial charge >= 0.3 is 6.03 Å². The molecule has 7 nitrogen and oxygen atoms in total. The standard InChI is InChI=1S/C23H24N2O5/c1-15(26)17-7-4-9-19(12-17)30-14-18(27)13-25-21(28)23(24-22(25)29)11-5-8-16-6-2-3-10-20(16)23/h2-4,6-7,9-10,12,18,27H,5,8,11,13-14H2,1H3,(H,24,29)/t18-,23+/m0/s1. The summed E-state index contributed by atoms with van der Waals surface area (Å²) in [5.74, 6) is 0.0206. The molecule has 1 aliphatic carbocycles. The Morgan fingerprint density at radius 3 is 2.83 bits per heavy atom. The van der Waals surface area contributed by atoms with E-state index in [9.17, 15) is 19.5 Å². The normalized spacial score (nSPS) is 21.3. The largest absolute Gasteiger partial charge is 0.491 e. The number of β-amino-alcohol motifs (C(OH)–C–C–N with tert-alkyl or cyclic N) is 1. The summed E-state index contributed by atoms with van der Waals surface area (Å²) in [4.78, 5) is 38.4. The lowest BCUT2D eigenvalue weighted by molar-refractivity contribution is -0.133. The van der Waals surface area contributed by atoms with Crippen molar-refractivity contribution in [2.75, 3.05) is 13.2 Å². The van der Waals surface area contributed by atoms with Crippen LogP contribution in [0.2, 0.25) is 0 Å². The minimum absolute atomic E-state index is 0.0848. The van der Waals surface area contributed by atoms with Gasteiger partial charge in [0.2, 0.25) is 0 Å². The lowest BCUT2D eigenvalue weighted by atomic mass is 9.76. The van der Waals surface area contributed by atoms with Gasteiger partial charge < -0.3 is 15.2 Å². The van der Waals surface area contributed by atoms with Gasteiger partial charge in [-0.2, -0.15) is 0 Å². The van der Waals surface area contributed by atoms with Crippen LogP contribution in [0.4, 0.5) is 4.79 Å². The lowest BCUT2D eigenvalue weighted by Crippen LogP contribution is -2.47. The van der Waals surface area contributed by atoms with Crippen molar-refractivity contribution in [1.29, 1.82) is 0 Å². The third-order valence-corrected chi connectivity index (χ3v) is 5.73. The zero-order chi connectivity index (χ0) is 21.3. The van der Waals surface area contributed by atoms with Crippen LogP contribution in [0.3, 0.4) is 0 Å². The summed E-state index contributed by atoms with van der Waals surface area (Å²) in [5, 5.41) is 13.3. The second-order valence-electron chi connectivity index (χ2n) is 7.81. The number of ether oxygens (including phenoxy) is 1. The molecule has 1 aliphatic heterocycles. The van der Waals surface area contributed by atoms with Crippen LogP contribution in [0.15, 0.2) is 48.5 Å². The van der Waals surface area contributed by atoms with Crippen molar-refractivity contribution in [3.05, 3.63) is 65.2 Å². The average Bonchev–Trinajstić information content (AvgIpc) is 2.97. The van der Waals surface area contributed by atoms with E-state index >= 15 is 0 Å². The number of rotatable bonds is 6. The molecule has 2 atom stereocenters. The van der Waals surface area contributed by atoms with Crippen molar-refractivity contribution >= 4 is 17.7 Å². The summed E-state index contributed by atoms with van der Waals surface area (Å²) >= 11 is 0. The van der Waals surface area contributed by atoms with E-state index in [4.69, 9.17) is 4.74 Å². The molecule has 0 saturated carbocycles. The highest BCUT2D eigenvalue weighted by molar-refractivity contribution is 6.07. The van der Waals surface area contributed by atoms with Crippen molar-refractivity contribution in [1.82, 2.24) is 10.2 Å². The molecule has 1 heterocycles. The number of aryl methyl sites for hydroxylation is 1. The zero-order valence-electron chi connectivity index (χ0n) is 16.8. The number of hydrogen-bond acceptors (Lipinski definition) is 5. The predicted molar refractivity (Wildman–Crippen MR) is 109 cm³/mol. The minimum atomic E-state index is -1.06. The van der Waals surface area contributed by atoms with E-state index in [1.54, 1.807) is 24.3 Å². The number of fused-ring (bicyclic) bond motifs is 2. The Balaban J connectivity index is 1.44. The molecule has 0 radical (unpaired) electrons. The van der Waals surface area contributed by atoms with Crippen LogP contribution < -0.4 is 10.1 Å². The number of nitrogens with one attached hydrogen (secondary N) is 1. The monoisotopic (exact) mass is 408 g/mol. The summed E-state index contributed by atoms with van der Waals surface area (Å²) < 4.78 is 5.56. The van der Waals surface area contributed by atoms with E-state index in [1.807, 2.05) is 24.3 Å². The highest BCUT2D eigenvalue weighted by atomic mass is 16.5. The number of nitrogens with zero attached hydrogens (tertiary/aromatic N) is 1. The molecule has 0 bridgehead atoms. The number of benzene rings is 2. The van der Waals surface area contributed by atoms with Gasteiger partial charge in [-0.3, -0.25) is 14.5 Å². The molecule has 0 aromatic heterocycles. The number of aliphatic hydroxyl groups excluding tert-OH is 1. The van der Waals surface area contributed by atoms with Crippen LogP contribution in [0.5, 0.6) is 5.75 Å². The summed E-state index contributed by atoms with van der Waals surface area (Å²) in [5.41, 5.74) is 1.36. The fourth-order valence-corrected chi connectivity index (χ4v) is 4.24. The number of amides is 3. The average molecular weight is 408 g/mol. The second-order valence-corrected chi connectivity index (χ2v) is 7.81. The van der Waals surface area contributed by atoms with Crippen LogP contribution in [-0.2, 0) is 16.8 Å². The topological polar surface area (TPSA) is 95.9 Å². The van der Waals surface area contributed by atoms with E-state index in [-0.39, 0.29) is 24.8 Å². The smallest absolute Gasteiger partial charge is 0.325 e. The van der Waals surface area contributed by atoms with E-state index < -0.39 is 17.7 Å². The van der Waals surface area contributed by atoms with E-state index in [0.29, 0.717) is 17.7 Å².